The van der Waals surface area contributed by atoms with Gasteiger partial charge in [-0.3, -0.25) is 4.79 Å². The first-order valence-electron chi connectivity index (χ1n) is 6.14. The number of hydrogen-bond donors (Lipinski definition) is 2. The minimum absolute atomic E-state index is 0.371. The molecule has 0 saturated carbocycles. The summed E-state index contributed by atoms with van der Waals surface area (Å²) in [6.45, 7) is 6.22. The Morgan fingerprint density at radius 3 is 2.27 bits per heavy atom. The van der Waals surface area contributed by atoms with Gasteiger partial charge in [0.1, 0.15) is 6.04 Å². The van der Waals surface area contributed by atoms with E-state index in [4.69, 9.17) is 5.11 Å². The molecule has 2 atom stereocenters. The molecule has 0 aromatic carbocycles. The third-order valence-electron chi connectivity index (χ3n) is 2.69. The largest absolute Gasteiger partial charge is 0.480 e. The van der Waals surface area contributed by atoms with Crippen LogP contribution in [0, 0.1) is 0 Å². The van der Waals surface area contributed by atoms with Gasteiger partial charge in [0.05, 0.1) is 0 Å². The average Bonchev–Trinajstić information content (AvgIpc) is 2.21. The predicted molar refractivity (Wildman–Crippen MR) is 63.1 cm³/mol. The molecule has 0 rings (SSSR count). The highest BCUT2D eigenvalue weighted by Crippen LogP contribution is 2.08. The van der Waals surface area contributed by atoms with E-state index in [1.54, 1.807) is 0 Å². The van der Waals surface area contributed by atoms with Crippen molar-refractivity contribution >= 4 is 5.97 Å². The van der Waals surface area contributed by atoms with Crippen molar-refractivity contribution in [1.29, 1.82) is 0 Å². The molecule has 0 aliphatic rings. The van der Waals surface area contributed by atoms with Crippen molar-refractivity contribution in [2.24, 2.45) is 0 Å². The molecule has 0 heterocycles. The third kappa shape index (κ3) is 6.50. The van der Waals surface area contributed by atoms with Crippen molar-refractivity contribution < 1.29 is 9.90 Å². The summed E-state index contributed by atoms with van der Waals surface area (Å²) in [4.78, 5) is 10.9. The second-order valence-corrected chi connectivity index (χ2v) is 4.09. The second-order valence-electron chi connectivity index (χ2n) is 4.09. The molecule has 0 spiro atoms. The fourth-order valence-electron chi connectivity index (χ4n) is 1.76. The van der Waals surface area contributed by atoms with E-state index in [1.165, 1.54) is 12.8 Å². The van der Waals surface area contributed by atoms with Gasteiger partial charge in [-0.25, -0.2) is 0 Å². The monoisotopic (exact) mass is 215 g/mol. The lowest BCUT2D eigenvalue weighted by molar-refractivity contribution is -0.139. The van der Waals surface area contributed by atoms with Crippen LogP contribution in [0.1, 0.15) is 59.3 Å². The van der Waals surface area contributed by atoms with Crippen LogP contribution < -0.4 is 5.32 Å². The molecule has 2 unspecified atom stereocenters. The summed E-state index contributed by atoms with van der Waals surface area (Å²) < 4.78 is 0. The standard InChI is InChI=1S/C12H25NO2/c1-4-7-9-10(8-5-2)13-11(6-3)12(14)15/h10-11,13H,4-9H2,1-3H3,(H,14,15). The quantitative estimate of drug-likeness (QED) is 0.622. The number of hydrogen-bond acceptors (Lipinski definition) is 2. The zero-order valence-corrected chi connectivity index (χ0v) is 10.3. The summed E-state index contributed by atoms with van der Waals surface area (Å²) in [5, 5.41) is 12.2. The van der Waals surface area contributed by atoms with Crippen LogP contribution in [0.15, 0.2) is 0 Å². The van der Waals surface area contributed by atoms with Crippen LogP contribution in [0.2, 0.25) is 0 Å². The van der Waals surface area contributed by atoms with E-state index in [2.05, 4.69) is 19.2 Å². The van der Waals surface area contributed by atoms with Gasteiger partial charge in [0.15, 0.2) is 0 Å². The summed E-state index contributed by atoms with van der Waals surface area (Å²) in [6.07, 6.45) is 6.27. The van der Waals surface area contributed by atoms with Gasteiger partial charge in [0.25, 0.3) is 0 Å². The SMILES string of the molecule is CCCCC(CCC)NC(CC)C(=O)O. The average molecular weight is 215 g/mol. The van der Waals surface area contributed by atoms with Gasteiger partial charge in [0, 0.05) is 6.04 Å². The van der Waals surface area contributed by atoms with Gasteiger partial charge in [0.2, 0.25) is 0 Å². The second kappa shape index (κ2) is 8.72. The van der Waals surface area contributed by atoms with Crippen LogP contribution in [0.5, 0.6) is 0 Å². The number of carbonyl (C=O) groups is 1. The molecule has 0 radical (unpaired) electrons. The Hall–Kier alpha value is -0.570. The molecule has 2 N–H and O–H groups in total. The molecule has 3 nitrogen and oxygen atoms in total. The van der Waals surface area contributed by atoms with E-state index in [-0.39, 0.29) is 6.04 Å². The molecule has 0 amide bonds. The molecule has 0 aliphatic carbocycles. The Morgan fingerprint density at radius 2 is 1.87 bits per heavy atom. The molecule has 3 heteroatoms. The van der Waals surface area contributed by atoms with E-state index in [0.717, 1.165) is 19.3 Å². The van der Waals surface area contributed by atoms with E-state index < -0.39 is 5.97 Å². The Balaban J connectivity index is 4.05. The summed E-state index contributed by atoms with van der Waals surface area (Å²) >= 11 is 0. The van der Waals surface area contributed by atoms with E-state index >= 15 is 0 Å². The van der Waals surface area contributed by atoms with E-state index in [0.29, 0.717) is 12.5 Å². The van der Waals surface area contributed by atoms with Gasteiger partial charge >= 0.3 is 5.97 Å². The smallest absolute Gasteiger partial charge is 0.320 e. The lowest BCUT2D eigenvalue weighted by atomic mass is 10.0. The normalized spacial score (nSPS) is 14.9. The zero-order chi connectivity index (χ0) is 11.7. The van der Waals surface area contributed by atoms with Crippen molar-refractivity contribution in [3.8, 4) is 0 Å². The number of aliphatic carboxylic acids is 1. The highest BCUT2D eigenvalue weighted by atomic mass is 16.4. The van der Waals surface area contributed by atoms with E-state index in [1.807, 2.05) is 6.92 Å². The van der Waals surface area contributed by atoms with Crippen LogP contribution in [0.25, 0.3) is 0 Å². The zero-order valence-electron chi connectivity index (χ0n) is 10.3. The molecule has 0 aromatic heterocycles. The molecule has 0 aliphatic heterocycles. The van der Waals surface area contributed by atoms with E-state index in [9.17, 15) is 4.79 Å². The summed E-state index contributed by atoms with van der Waals surface area (Å²) in [7, 11) is 0. The minimum atomic E-state index is -0.727. The fraction of sp³-hybridized carbons (Fsp3) is 0.917. The highest BCUT2D eigenvalue weighted by Gasteiger charge is 2.18. The van der Waals surface area contributed by atoms with Crippen molar-refractivity contribution in [1.82, 2.24) is 5.32 Å². The minimum Gasteiger partial charge on any atom is -0.480 e. The predicted octanol–water partition coefficient (Wildman–Crippen LogP) is 2.80. The van der Waals surface area contributed by atoms with Crippen LogP contribution in [-0.4, -0.2) is 23.2 Å². The fourth-order valence-corrected chi connectivity index (χ4v) is 1.76. The van der Waals surface area contributed by atoms with Crippen LogP contribution in [-0.2, 0) is 4.79 Å². The first-order valence-corrected chi connectivity index (χ1v) is 6.14. The maximum atomic E-state index is 10.9. The molecule has 0 saturated heterocycles. The van der Waals surface area contributed by atoms with Gasteiger partial charge in [-0.15, -0.1) is 0 Å². The maximum Gasteiger partial charge on any atom is 0.320 e. The summed E-state index contributed by atoms with van der Waals surface area (Å²) in [5.41, 5.74) is 0. The Labute approximate surface area is 93.3 Å². The van der Waals surface area contributed by atoms with Gasteiger partial charge in [-0.05, 0) is 19.3 Å². The molecule has 0 aromatic rings. The van der Waals surface area contributed by atoms with Crippen LogP contribution >= 0.6 is 0 Å². The van der Waals surface area contributed by atoms with Crippen molar-refractivity contribution in [2.75, 3.05) is 0 Å². The third-order valence-corrected chi connectivity index (χ3v) is 2.69. The lowest BCUT2D eigenvalue weighted by Crippen LogP contribution is -2.42. The number of rotatable bonds is 9. The Morgan fingerprint density at radius 1 is 1.20 bits per heavy atom. The summed E-state index contributed by atoms with van der Waals surface area (Å²) in [5.74, 6) is -0.727. The van der Waals surface area contributed by atoms with Gasteiger partial charge < -0.3 is 10.4 Å². The van der Waals surface area contributed by atoms with Gasteiger partial charge in [-0.1, -0.05) is 40.0 Å². The van der Waals surface area contributed by atoms with Crippen LogP contribution in [0.4, 0.5) is 0 Å². The number of carboxylic acids is 1. The number of carboxylic acid groups (broad SMARTS) is 1. The molecular weight excluding hydrogens is 190 g/mol. The molecule has 90 valence electrons. The van der Waals surface area contributed by atoms with Crippen molar-refractivity contribution in [2.45, 2.75) is 71.4 Å². The lowest BCUT2D eigenvalue weighted by Gasteiger charge is -2.22. The molecule has 0 bridgehead atoms. The topological polar surface area (TPSA) is 49.3 Å². The van der Waals surface area contributed by atoms with Crippen molar-refractivity contribution in [3.63, 3.8) is 0 Å². The first-order chi connectivity index (χ1) is 7.15. The maximum absolute atomic E-state index is 10.9. The van der Waals surface area contributed by atoms with Gasteiger partial charge in [-0.2, -0.15) is 0 Å². The first kappa shape index (κ1) is 14.4. The summed E-state index contributed by atoms with van der Waals surface area (Å²) in [6, 6.07) is -0.00518. The Kier molecular flexibility index (Phi) is 8.38. The molecular formula is C12H25NO2. The molecule has 0 fully saturated rings. The highest BCUT2D eigenvalue weighted by molar-refractivity contribution is 5.73. The van der Waals surface area contributed by atoms with Crippen molar-refractivity contribution in [3.05, 3.63) is 0 Å². The number of unbranched alkanes of at least 4 members (excludes halogenated alkanes) is 1. The van der Waals surface area contributed by atoms with Crippen LogP contribution in [0.3, 0.4) is 0 Å². The number of nitrogens with one attached hydrogen (secondary N) is 1. The molecule has 15 heavy (non-hydrogen) atoms. The Bertz CT molecular complexity index is 171.